The second kappa shape index (κ2) is 8.29. The number of methoxy groups -OCH3 is 2. The van der Waals surface area contributed by atoms with Crippen molar-refractivity contribution in [2.45, 2.75) is 0 Å². The molecule has 2 aromatic rings. The SMILES string of the molecule is COc1ccc(/C=C2N=C(/C=C/c3cccc(Cl)c3Cl)OC\2=O)c(OC)c1. The standard InChI is InChI=1S/C20H15Cl2NO4/c1-25-14-8-6-13(17(11-14)26-2)10-16-20(24)27-18(23-16)9-7-12-4-3-5-15(21)19(12)22/h3-11H,1-2H3/b9-7+,16-10-. The summed E-state index contributed by atoms with van der Waals surface area (Å²) in [5.74, 6) is 0.813. The van der Waals surface area contributed by atoms with Crippen molar-refractivity contribution in [3.05, 3.63) is 69.3 Å². The van der Waals surface area contributed by atoms with Gasteiger partial charge >= 0.3 is 5.97 Å². The predicted octanol–water partition coefficient (Wildman–Crippen LogP) is 5.02. The molecule has 0 atom stereocenters. The minimum atomic E-state index is -0.551. The van der Waals surface area contributed by atoms with E-state index < -0.39 is 5.97 Å². The van der Waals surface area contributed by atoms with E-state index in [0.717, 1.165) is 0 Å². The lowest BCUT2D eigenvalue weighted by Gasteiger charge is -2.07. The van der Waals surface area contributed by atoms with Crippen molar-refractivity contribution in [3.63, 3.8) is 0 Å². The molecule has 5 nitrogen and oxygen atoms in total. The summed E-state index contributed by atoms with van der Waals surface area (Å²) in [6.45, 7) is 0. The summed E-state index contributed by atoms with van der Waals surface area (Å²) < 4.78 is 15.7. The Morgan fingerprint density at radius 1 is 1.04 bits per heavy atom. The van der Waals surface area contributed by atoms with Crippen LogP contribution in [0.15, 0.2) is 53.2 Å². The molecule has 2 aromatic carbocycles. The Kier molecular flexibility index (Phi) is 5.84. The maximum atomic E-state index is 12.1. The van der Waals surface area contributed by atoms with Gasteiger partial charge in [0.2, 0.25) is 5.90 Å². The summed E-state index contributed by atoms with van der Waals surface area (Å²) in [5.41, 5.74) is 1.53. The maximum Gasteiger partial charge on any atom is 0.363 e. The highest BCUT2D eigenvalue weighted by molar-refractivity contribution is 6.42. The molecule has 0 radical (unpaired) electrons. The van der Waals surface area contributed by atoms with Gasteiger partial charge in [-0.25, -0.2) is 9.79 Å². The van der Waals surface area contributed by atoms with Crippen LogP contribution in [0.3, 0.4) is 0 Å². The molecule has 27 heavy (non-hydrogen) atoms. The van der Waals surface area contributed by atoms with Gasteiger partial charge in [-0.3, -0.25) is 0 Å². The van der Waals surface area contributed by atoms with Gasteiger partial charge in [0.1, 0.15) is 11.5 Å². The monoisotopic (exact) mass is 403 g/mol. The number of esters is 1. The third-order valence-corrected chi connectivity index (χ3v) is 4.59. The molecule has 0 saturated heterocycles. The average Bonchev–Trinajstić information content (AvgIpc) is 3.02. The molecule has 0 saturated carbocycles. The topological polar surface area (TPSA) is 57.1 Å². The number of nitrogens with zero attached hydrogens (tertiary/aromatic N) is 1. The molecule has 0 fully saturated rings. The van der Waals surface area contributed by atoms with Crippen LogP contribution in [0.25, 0.3) is 12.2 Å². The average molecular weight is 404 g/mol. The molecule has 0 spiro atoms. The number of hydrogen-bond donors (Lipinski definition) is 0. The number of rotatable bonds is 5. The summed E-state index contributed by atoms with van der Waals surface area (Å²) in [7, 11) is 3.10. The molecule has 0 N–H and O–H groups in total. The zero-order valence-corrected chi connectivity index (χ0v) is 16.0. The lowest BCUT2D eigenvalue weighted by Crippen LogP contribution is -2.01. The van der Waals surface area contributed by atoms with Crippen LogP contribution in [-0.4, -0.2) is 26.1 Å². The van der Waals surface area contributed by atoms with E-state index in [9.17, 15) is 4.79 Å². The van der Waals surface area contributed by atoms with Crippen molar-refractivity contribution in [1.82, 2.24) is 0 Å². The Morgan fingerprint density at radius 2 is 1.85 bits per heavy atom. The lowest BCUT2D eigenvalue weighted by atomic mass is 10.1. The molecule has 1 aliphatic heterocycles. The lowest BCUT2D eigenvalue weighted by molar-refractivity contribution is -0.129. The van der Waals surface area contributed by atoms with E-state index in [-0.39, 0.29) is 11.6 Å². The van der Waals surface area contributed by atoms with E-state index in [1.54, 1.807) is 61.7 Å². The van der Waals surface area contributed by atoms with Crippen LogP contribution in [0.4, 0.5) is 0 Å². The van der Waals surface area contributed by atoms with Crippen molar-refractivity contribution >= 4 is 47.2 Å². The highest BCUT2D eigenvalue weighted by Gasteiger charge is 2.22. The highest BCUT2D eigenvalue weighted by Crippen LogP contribution is 2.29. The van der Waals surface area contributed by atoms with Crippen molar-refractivity contribution in [2.24, 2.45) is 4.99 Å². The summed E-state index contributed by atoms with van der Waals surface area (Å²) >= 11 is 12.1. The largest absolute Gasteiger partial charge is 0.497 e. The zero-order valence-electron chi connectivity index (χ0n) is 14.5. The molecule has 138 valence electrons. The van der Waals surface area contributed by atoms with Crippen LogP contribution < -0.4 is 9.47 Å². The molecule has 7 heteroatoms. The van der Waals surface area contributed by atoms with Crippen LogP contribution in [0.1, 0.15) is 11.1 Å². The summed E-state index contributed by atoms with van der Waals surface area (Å²) in [5, 5.41) is 0.857. The summed E-state index contributed by atoms with van der Waals surface area (Å²) in [4.78, 5) is 16.3. The fourth-order valence-corrected chi connectivity index (χ4v) is 2.76. The molecular weight excluding hydrogens is 389 g/mol. The van der Waals surface area contributed by atoms with E-state index in [2.05, 4.69) is 4.99 Å². The van der Waals surface area contributed by atoms with Gasteiger partial charge in [0, 0.05) is 17.7 Å². The second-order valence-electron chi connectivity index (χ2n) is 5.45. The summed E-state index contributed by atoms with van der Waals surface area (Å²) in [6.07, 6.45) is 4.83. The van der Waals surface area contributed by atoms with Gasteiger partial charge in [0.15, 0.2) is 5.70 Å². The van der Waals surface area contributed by atoms with E-state index >= 15 is 0 Å². The Hall–Kier alpha value is -2.76. The fraction of sp³-hybridized carbons (Fsp3) is 0.100. The summed E-state index contributed by atoms with van der Waals surface area (Å²) in [6, 6.07) is 10.5. The molecule has 0 aliphatic carbocycles. The van der Waals surface area contributed by atoms with Crippen LogP contribution in [-0.2, 0) is 9.53 Å². The van der Waals surface area contributed by atoms with Crippen molar-refractivity contribution in [3.8, 4) is 11.5 Å². The minimum Gasteiger partial charge on any atom is -0.497 e. The predicted molar refractivity (Wildman–Crippen MR) is 107 cm³/mol. The Labute approximate surface area is 166 Å². The highest BCUT2D eigenvalue weighted by atomic mass is 35.5. The number of carbonyl (C=O) groups is 1. The number of aliphatic imine (C=N–C) groups is 1. The number of carbonyl (C=O) groups excluding carboxylic acids is 1. The molecule has 0 aromatic heterocycles. The minimum absolute atomic E-state index is 0.162. The number of benzene rings is 2. The van der Waals surface area contributed by atoms with Gasteiger partial charge < -0.3 is 14.2 Å². The van der Waals surface area contributed by atoms with E-state index in [1.807, 2.05) is 0 Å². The van der Waals surface area contributed by atoms with Crippen molar-refractivity contribution in [1.29, 1.82) is 0 Å². The first-order valence-corrected chi connectivity index (χ1v) is 8.64. The molecule has 1 heterocycles. The molecule has 0 amide bonds. The quantitative estimate of drug-likeness (QED) is 0.519. The molecule has 0 unspecified atom stereocenters. The fourth-order valence-electron chi connectivity index (χ4n) is 2.39. The van der Waals surface area contributed by atoms with Gasteiger partial charge in [0.25, 0.3) is 0 Å². The molecular formula is C20H15Cl2NO4. The van der Waals surface area contributed by atoms with Crippen LogP contribution >= 0.6 is 23.2 Å². The van der Waals surface area contributed by atoms with Gasteiger partial charge in [-0.15, -0.1) is 0 Å². The smallest absolute Gasteiger partial charge is 0.363 e. The second-order valence-corrected chi connectivity index (χ2v) is 6.24. The van der Waals surface area contributed by atoms with Crippen molar-refractivity contribution in [2.75, 3.05) is 14.2 Å². The van der Waals surface area contributed by atoms with Crippen LogP contribution in [0.5, 0.6) is 11.5 Å². The van der Waals surface area contributed by atoms with Crippen LogP contribution in [0, 0.1) is 0 Å². The van der Waals surface area contributed by atoms with Gasteiger partial charge in [0.05, 0.1) is 24.3 Å². The third-order valence-electron chi connectivity index (χ3n) is 3.76. The van der Waals surface area contributed by atoms with E-state index in [0.29, 0.717) is 32.7 Å². The maximum absolute atomic E-state index is 12.1. The number of hydrogen-bond acceptors (Lipinski definition) is 5. The molecule has 3 rings (SSSR count). The Balaban J connectivity index is 1.87. The van der Waals surface area contributed by atoms with Crippen molar-refractivity contribution < 1.29 is 19.0 Å². The van der Waals surface area contributed by atoms with Gasteiger partial charge in [-0.2, -0.15) is 0 Å². The van der Waals surface area contributed by atoms with E-state index in [1.165, 1.54) is 7.11 Å². The number of ether oxygens (including phenoxy) is 3. The van der Waals surface area contributed by atoms with Crippen LogP contribution in [0.2, 0.25) is 10.0 Å². The normalized spacial score (nSPS) is 15.2. The third kappa shape index (κ3) is 4.32. The Morgan fingerprint density at radius 3 is 2.59 bits per heavy atom. The van der Waals surface area contributed by atoms with E-state index in [4.69, 9.17) is 37.4 Å². The first-order valence-electron chi connectivity index (χ1n) is 7.88. The van der Waals surface area contributed by atoms with Gasteiger partial charge in [-0.05, 0) is 35.9 Å². The zero-order chi connectivity index (χ0) is 19.4. The number of cyclic esters (lactones) is 1. The molecule has 1 aliphatic rings. The number of halogens is 2. The molecule has 0 bridgehead atoms. The first kappa shape index (κ1) is 19.0. The van der Waals surface area contributed by atoms with Gasteiger partial charge in [-0.1, -0.05) is 35.3 Å². The first-order chi connectivity index (χ1) is 13.0. The Bertz CT molecular complexity index is 980.